The Kier molecular flexibility index (Phi) is 13.1. The van der Waals surface area contributed by atoms with E-state index in [-0.39, 0.29) is 6.29 Å². The zero-order chi connectivity index (χ0) is 16.3. The topological polar surface area (TPSA) is 199 Å². The van der Waals surface area contributed by atoms with Crippen molar-refractivity contribution >= 4 is 6.29 Å². The zero-order valence-corrected chi connectivity index (χ0v) is 10.6. The first-order valence-electron chi connectivity index (χ1n) is 5.62. The summed E-state index contributed by atoms with van der Waals surface area (Å²) in [5.41, 5.74) is 0. The van der Waals surface area contributed by atoms with Crippen LogP contribution in [0.2, 0.25) is 0 Å². The van der Waals surface area contributed by atoms with Gasteiger partial charge in [0.05, 0.1) is 19.8 Å². The quantitative estimate of drug-likeness (QED) is 0.195. The predicted molar refractivity (Wildman–Crippen MR) is 63.4 cm³/mol. The second kappa shape index (κ2) is 12.1. The summed E-state index contributed by atoms with van der Waals surface area (Å²) in [7, 11) is 0. The molecule has 0 spiro atoms. The lowest BCUT2D eigenvalue weighted by Crippen LogP contribution is -2.46. The second-order valence-electron chi connectivity index (χ2n) is 3.86. The zero-order valence-electron chi connectivity index (χ0n) is 10.6. The molecule has 122 valence electrons. The first-order valence-corrected chi connectivity index (χ1v) is 5.62. The Morgan fingerprint density at radius 2 is 1.00 bits per heavy atom. The van der Waals surface area contributed by atoms with Crippen LogP contribution in [0.4, 0.5) is 0 Å². The van der Waals surface area contributed by atoms with Gasteiger partial charge in [-0.05, 0) is 0 Å². The highest BCUT2D eigenvalue weighted by atomic mass is 16.4. The Labute approximate surface area is 114 Å². The minimum Gasteiger partial charge on any atom is -0.394 e. The van der Waals surface area contributed by atoms with Crippen LogP contribution in [0.5, 0.6) is 0 Å². The van der Waals surface area contributed by atoms with Crippen molar-refractivity contribution in [2.75, 3.05) is 19.8 Å². The molecule has 0 rings (SSSR count). The molecule has 0 bridgehead atoms. The first-order chi connectivity index (χ1) is 9.26. The molecule has 10 heteroatoms. The van der Waals surface area contributed by atoms with E-state index in [4.69, 9.17) is 46.0 Å². The minimum absolute atomic E-state index is 0.0258. The largest absolute Gasteiger partial charge is 0.394 e. The molecule has 0 aliphatic carbocycles. The highest BCUT2D eigenvalue weighted by Crippen LogP contribution is 2.02. The van der Waals surface area contributed by atoms with E-state index < -0.39 is 56.4 Å². The summed E-state index contributed by atoms with van der Waals surface area (Å²) in [5, 5.41) is 76.7. The van der Waals surface area contributed by atoms with Crippen LogP contribution in [0.25, 0.3) is 0 Å². The molecule has 10 nitrogen and oxygen atoms in total. The Morgan fingerprint density at radius 1 is 0.650 bits per heavy atom. The first kappa shape index (κ1) is 21.6. The summed E-state index contributed by atoms with van der Waals surface area (Å²) in [6.07, 6.45) is -9.28. The molecular formula is C10H22O10. The van der Waals surface area contributed by atoms with E-state index in [0.717, 1.165) is 0 Å². The second-order valence-corrected chi connectivity index (χ2v) is 3.86. The molecule has 0 aromatic carbocycles. The van der Waals surface area contributed by atoms with Crippen molar-refractivity contribution in [3.05, 3.63) is 0 Å². The van der Waals surface area contributed by atoms with Crippen LogP contribution in [-0.4, -0.2) is 109 Å². The van der Waals surface area contributed by atoms with Crippen molar-refractivity contribution in [2.24, 2.45) is 0 Å². The molecule has 0 aliphatic heterocycles. The Balaban J connectivity index is 0. The molecule has 0 saturated carbocycles. The maximum atomic E-state index is 9.90. The van der Waals surface area contributed by atoms with Gasteiger partial charge in [-0.2, -0.15) is 0 Å². The molecule has 0 fully saturated rings. The smallest absolute Gasteiger partial charge is 0.151 e. The monoisotopic (exact) mass is 302 g/mol. The molecule has 0 aromatic rings. The molecule has 0 heterocycles. The lowest BCUT2D eigenvalue weighted by molar-refractivity contribution is -0.136. The molecule has 6 atom stereocenters. The van der Waals surface area contributed by atoms with Crippen LogP contribution in [0, 0.1) is 0 Å². The third-order valence-corrected chi connectivity index (χ3v) is 2.24. The van der Waals surface area contributed by atoms with Gasteiger partial charge in [-0.25, -0.2) is 0 Å². The number of rotatable bonds is 8. The molecule has 9 N–H and O–H groups in total. The van der Waals surface area contributed by atoms with Gasteiger partial charge < -0.3 is 50.8 Å². The SMILES string of the molecule is O=CC(O)C(O)C(O)C(O)CO.OCC(O)C(O)CO. The van der Waals surface area contributed by atoms with Gasteiger partial charge in [0.15, 0.2) is 6.29 Å². The van der Waals surface area contributed by atoms with Crippen LogP contribution in [-0.2, 0) is 4.79 Å². The van der Waals surface area contributed by atoms with Crippen LogP contribution in [0.3, 0.4) is 0 Å². The molecular weight excluding hydrogens is 280 g/mol. The predicted octanol–water partition coefficient (Wildman–Crippen LogP) is -5.69. The lowest BCUT2D eigenvalue weighted by atomic mass is 10.0. The van der Waals surface area contributed by atoms with Crippen molar-refractivity contribution in [1.82, 2.24) is 0 Å². The fourth-order valence-electron chi connectivity index (χ4n) is 0.861. The van der Waals surface area contributed by atoms with Gasteiger partial charge in [0, 0.05) is 0 Å². The van der Waals surface area contributed by atoms with Crippen molar-refractivity contribution in [3.8, 4) is 0 Å². The third kappa shape index (κ3) is 8.47. The summed E-state index contributed by atoms with van der Waals surface area (Å²) in [6.45, 7) is -1.81. The fourth-order valence-corrected chi connectivity index (χ4v) is 0.861. The van der Waals surface area contributed by atoms with Gasteiger partial charge in [-0.15, -0.1) is 0 Å². The molecule has 6 unspecified atom stereocenters. The summed E-state index contributed by atoms with van der Waals surface area (Å²) in [6, 6.07) is 0. The number of aliphatic hydroxyl groups excluding tert-OH is 9. The molecule has 0 aromatic heterocycles. The fraction of sp³-hybridized carbons (Fsp3) is 0.900. The van der Waals surface area contributed by atoms with Crippen LogP contribution < -0.4 is 0 Å². The summed E-state index contributed by atoms with van der Waals surface area (Å²) >= 11 is 0. The average molecular weight is 302 g/mol. The van der Waals surface area contributed by atoms with Crippen molar-refractivity contribution in [3.63, 3.8) is 0 Å². The molecule has 0 amide bonds. The van der Waals surface area contributed by atoms with Gasteiger partial charge in [0.1, 0.15) is 36.6 Å². The van der Waals surface area contributed by atoms with Gasteiger partial charge >= 0.3 is 0 Å². The van der Waals surface area contributed by atoms with Crippen molar-refractivity contribution < 1.29 is 50.8 Å². The maximum Gasteiger partial charge on any atom is 0.151 e. The summed E-state index contributed by atoms with van der Waals surface area (Å²) in [4.78, 5) is 9.90. The summed E-state index contributed by atoms with van der Waals surface area (Å²) in [5.74, 6) is 0. The van der Waals surface area contributed by atoms with Crippen molar-refractivity contribution in [2.45, 2.75) is 36.6 Å². The van der Waals surface area contributed by atoms with Gasteiger partial charge in [0.2, 0.25) is 0 Å². The maximum absolute atomic E-state index is 9.90. The molecule has 20 heavy (non-hydrogen) atoms. The normalized spacial score (nSPS) is 19.9. The number of hydrogen-bond acceptors (Lipinski definition) is 10. The van der Waals surface area contributed by atoms with Crippen LogP contribution in [0.1, 0.15) is 0 Å². The Bertz CT molecular complexity index is 230. The van der Waals surface area contributed by atoms with Crippen LogP contribution in [0.15, 0.2) is 0 Å². The van der Waals surface area contributed by atoms with Crippen molar-refractivity contribution in [1.29, 1.82) is 0 Å². The van der Waals surface area contributed by atoms with E-state index >= 15 is 0 Å². The van der Waals surface area contributed by atoms with Gasteiger partial charge in [0.25, 0.3) is 0 Å². The average Bonchev–Trinajstić information content (AvgIpc) is 2.50. The number of hydrogen-bond donors (Lipinski definition) is 9. The van der Waals surface area contributed by atoms with Crippen LogP contribution >= 0.6 is 0 Å². The van der Waals surface area contributed by atoms with Gasteiger partial charge in [-0.3, -0.25) is 0 Å². The number of aliphatic hydroxyl groups is 9. The minimum atomic E-state index is -1.79. The standard InChI is InChI=1S/C6H12O6.C4H10O4/c7-1-3(9)5(11)6(12)4(10)2-8;5-1-3(7)4(8)2-6/h1,3-6,8-12H,2H2;3-8H,1-2H2. The van der Waals surface area contributed by atoms with E-state index in [0.29, 0.717) is 0 Å². The Morgan fingerprint density at radius 3 is 1.25 bits per heavy atom. The highest BCUT2D eigenvalue weighted by molar-refractivity contribution is 5.56. The lowest BCUT2D eigenvalue weighted by Gasteiger charge is -2.22. The molecule has 0 saturated heterocycles. The van der Waals surface area contributed by atoms with E-state index in [1.807, 2.05) is 0 Å². The molecule has 0 radical (unpaired) electrons. The number of carbonyl (C=O) groups is 1. The van der Waals surface area contributed by atoms with Gasteiger partial charge in [-0.1, -0.05) is 0 Å². The number of carbonyl (C=O) groups excluding carboxylic acids is 1. The number of aldehydes is 1. The van der Waals surface area contributed by atoms with E-state index in [9.17, 15) is 4.79 Å². The third-order valence-electron chi connectivity index (χ3n) is 2.24. The van der Waals surface area contributed by atoms with E-state index in [2.05, 4.69) is 0 Å². The highest BCUT2D eigenvalue weighted by Gasteiger charge is 2.29. The van der Waals surface area contributed by atoms with E-state index in [1.165, 1.54) is 0 Å². The molecule has 0 aliphatic rings. The van der Waals surface area contributed by atoms with E-state index in [1.54, 1.807) is 0 Å². The summed E-state index contributed by atoms with van der Waals surface area (Å²) < 4.78 is 0. The Hall–Kier alpha value is -0.690.